The molecule has 0 fully saturated rings. The number of amides is 1. The fourth-order valence-corrected chi connectivity index (χ4v) is 2.34. The summed E-state index contributed by atoms with van der Waals surface area (Å²) in [7, 11) is 0. The van der Waals surface area contributed by atoms with Crippen molar-refractivity contribution < 1.29 is 15.0 Å². The lowest BCUT2D eigenvalue weighted by atomic mass is 10.1. The van der Waals surface area contributed by atoms with Crippen molar-refractivity contribution in [2.24, 2.45) is 0 Å². The van der Waals surface area contributed by atoms with Gasteiger partial charge in [0, 0.05) is 13.1 Å². The second-order valence-electron chi connectivity index (χ2n) is 4.63. The number of carbonyl (C=O) groups excluding carboxylic acids is 1. The highest BCUT2D eigenvalue weighted by molar-refractivity contribution is 5.97. The molecule has 1 aliphatic heterocycles. The molecule has 0 bridgehead atoms. The molecule has 96 valence electrons. The van der Waals surface area contributed by atoms with Gasteiger partial charge in [-0.1, -0.05) is 24.3 Å². The highest BCUT2D eigenvalue weighted by Crippen LogP contribution is 2.28. The molecule has 1 amide bonds. The summed E-state index contributed by atoms with van der Waals surface area (Å²) in [5.74, 6) is -0.416. The molecular weight excluding hydrogens is 242 g/mol. The summed E-state index contributed by atoms with van der Waals surface area (Å²) < 4.78 is 0. The van der Waals surface area contributed by atoms with E-state index in [1.165, 1.54) is 18.2 Å². The van der Waals surface area contributed by atoms with Crippen molar-refractivity contribution in [3.05, 3.63) is 59.2 Å². The Hall–Kier alpha value is -2.49. The van der Waals surface area contributed by atoms with Crippen molar-refractivity contribution in [2.75, 3.05) is 0 Å². The second-order valence-corrected chi connectivity index (χ2v) is 4.63. The number of aromatic hydroxyl groups is 2. The molecule has 3 rings (SSSR count). The van der Waals surface area contributed by atoms with E-state index in [2.05, 4.69) is 0 Å². The molecule has 19 heavy (non-hydrogen) atoms. The molecule has 4 heteroatoms. The number of nitrogens with zero attached hydrogens (tertiary/aromatic N) is 1. The van der Waals surface area contributed by atoms with Crippen LogP contribution in [0.5, 0.6) is 11.5 Å². The number of rotatable bonds is 1. The molecular formula is C15H13NO3. The Morgan fingerprint density at radius 3 is 2.26 bits per heavy atom. The van der Waals surface area contributed by atoms with Crippen molar-refractivity contribution in [3.8, 4) is 11.5 Å². The summed E-state index contributed by atoms with van der Waals surface area (Å²) in [5, 5.41) is 19.1. The summed E-state index contributed by atoms with van der Waals surface area (Å²) in [6, 6.07) is 11.8. The van der Waals surface area contributed by atoms with Crippen molar-refractivity contribution in [3.63, 3.8) is 0 Å². The van der Waals surface area contributed by atoms with Gasteiger partial charge in [-0.25, -0.2) is 0 Å². The molecule has 0 atom stereocenters. The summed E-state index contributed by atoms with van der Waals surface area (Å²) >= 11 is 0. The van der Waals surface area contributed by atoms with E-state index < -0.39 is 0 Å². The van der Waals surface area contributed by atoms with Gasteiger partial charge < -0.3 is 15.1 Å². The first-order valence-electron chi connectivity index (χ1n) is 6.03. The molecule has 2 aromatic carbocycles. The van der Waals surface area contributed by atoms with Gasteiger partial charge in [-0.2, -0.15) is 0 Å². The third-order valence-corrected chi connectivity index (χ3v) is 3.34. The van der Waals surface area contributed by atoms with E-state index in [1.54, 1.807) is 4.90 Å². The normalized spacial score (nSPS) is 13.4. The quantitative estimate of drug-likeness (QED) is 0.768. The Balaban J connectivity index is 1.89. The molecule has 0 saturated carbocycles. The van der Waals surface area contributed by atoms with E-state index in [9.17, 15) is 15.0 Å². The number of phenolic OH excluding ortho intramolecular Hbond substituents is 2. The number of phenols is 2. The monoisotopic (exact) mass is 255 g/mol. The van der Waals surface area contributed by atoms with Gasteiger partial charge in [0.15, 0.2) is 0 Å². The van der Waals surface area contributed by atoms with Crippen LogP contribution >= 0.6 is 0 Å². The van der Waals surface area contributed by atoms with Crippen molar-refractivity contribution >= 4 is 5.91 Å². The van der Waals surface area contributed by atoms with Crippen LogP contribution in [0, 0.1) is 0 Å². The Morgan fingerprint density at radius 2 is 1.63 bits per heavy atom. The van der Waals surface area contributed by atoms with Crippen molar-refractivity contribution in [1.82, 2.24) is 4.90 Å². The molecule has 0 aromatic heterocycles. The van der Waals surface area contributed by atoms with E-state index in [-0.39, 0.29) is 23.0 Å². The van der Waals surface area contributed by atoms with E-state index in [0.717, 1.165) is 11.1 Å². The average molecular weight is 255 g/mol. The SMILES string of the molecule is O=C(c1cc(O)ccc1O)N1Cc2ccccc2C1. The highest BCUT2D eigenvalue weighted by atomic mass is 16.3. The molecule has 2 aromatic rings. The summed E-state index contributed by atoms with van der Waals surface area (Å²) in [6.07, 6.45) is 0. The van der Waals surface area contributed by atoms with Crippen LogP contribution in [0.15, 0.2) is 42.5 Å². The maximum atomic E-state index is 12.3. The molecule has 0 saturated heterocycles. The van der Waals surface area contributed by atoms with Crippen LogP contribution in [0.4, 0.5) is 0 Å². The second kappa shape index (κ2) is 4.31. The van der Waals surface area contributed by atoms with Crippen LogP contribution in [-0.4, -0.2) is 21.0 Å². The Bertz CT molecular complexity index is 627. The lowest BCUT2D eigenvalue weighted by molar-refractivity contribution is 0.0748. The Labute approximate surface area is 110 Å². The van der Waals surface area contributed by atoms with E-state index in [0.29, 0.717) is 13.1 Å². The predicted octanol–water partition coefficient (Wildman–Crippen LogP) is 2.25. The van der Waals surface area contributed by atoms with Crippen LogP contribution in [0.3, 0.4) is 0 Å². The van der Waals surface area contributed by atoms with Crippen LogP contribution in [0.2, 0.25) is 0 Å². The molecule has 0 radical (unpaired) electrons. The smallest absolute Gasteiger partial charge is 0.258 e. The molecule has 4 nitrogen and oxygen atoms in total. The van der Waals surface area contributed by atoms with Gasteiger partial charge in [0.05, 0.1) is 5.56 Å². The minimum atomic E-state index is -0.274. The summed E-state index contributed by atoms with van der Waals surface area (Å²) in [4.78, 5) is 14.0. The van der Waals surface area contributed by atoms with E-state index in [1.807, 2.05) is 24.3 Å². The number of carbonyl (C=O) groups is 1. The molecule has 2 N–H and O–H groups in total. The molecule has 1 heterocycles. The molecule has 1 aliphatic rings. The predicted molar refractivity (Wildman–Crippen MR) is 69.8 cm³/mol. The maximum Gasteiger partial charge on any atom is 0.258 e. The van der Waals surface area contributed by atoms with Crippen LogP contribution in [0.1, 0.15) is 21.5 Å². The third-order valence-electron chi connectivity index (χ3n) is 3.34. The maximum absolute atomic E-state index is 12.3. The zero-order valence-electron chi connectivity index (χ0n) is 10.2. The topological polar surface area (TPSA) is 60.8 Å². The lowest BCUT2D eigenvalue weighted by Crippen LogP contribution is -2.25. The first kappa shape index (κ1) is 11.6. The van der Waals surface area contributed by atoms with Gasteiger partial charge in [0.2, 0.25) is 0 Å². The van der Waals surface area contributed by atoms with Gasteiger partial charge >= 0.3 is 0 Å². The number of benzene rings is 2. The number of hydrogen-bond acceptors (Lipinski definition) is 3. The zero-order valence-corrected chi connectivity index (χ0v) is 10.2. The standard InChI is InChI=1S/C15H13NO3/c17-12-5-6-14(18)13(7-12)15(19)16-8-10-3-1-2-4-11(10)9-16/h1-7,17-18H,8-9H2. The minimum Gasteiger partial charge on any atom is -0.508 e. The largest absolute Gasteiger partial charge is 0.508 e. The first-order valence-corrected chi connectivity index (χ1v) is 6.03. The minimum absolute atomic E-state index is 0.0298. The fourth-order valence-electron chi connectivity index (χ4n) is 2.34. The van der Waals surface area contributed by atoms with E-state index in [4.69, 9.17) is 0 Å². The molecule has 0 unspecified atom stereocenters. The summed E-state index contributed by atoms with van der Waals surface area (Å²) in [5.41, 5.74) is 2.37. The van der Waals surface area contributed by atoms with E-state index >= 15 is 0 Å². The van der Waals surface area contributed by atoms with Gasteiger partial charge in [-0.3, -0.25) is 4.79 Å². The van der Waals surface area contributed by atoms with Crippen LogP contribution in [0.25, 0.3) is 0 Å². The zero-order chi connectivity index (χ0) is 13.4. The Morgan fingerprint density at radius 1 is 1.00 bits per heavy atom. The molecule has 0 spiro atoms. The summed E-state index contributed by atoms with van der Waals surface area (Å²) in [6.45, 7) is 1.06. The fraction of sp³-hybridized carbons (Fsp3) is 0.133. The number of hydrogen-bond donors (Lipinski definition) is 2. The molecule has 0 aliphatic carbocycles. The van der Waals surface area contributed by atoms with Crippen molar-refractivity contribution in [2.45, 2.75) is 13.1 Å². The lowest BCUT2D eigenvalue weighted by Gasteiger charge is -2.16. The van der Waals surface area contributed by atoms with Crippen molar-refractivity contribution in [1.29, 1.82) is 0 Å². The van der Waals surface area contributed by atoms with Gasteiger partial charge in [-0.15, -0.1) is 0 Å². The van der Waals surface area contributed by atoms with Gasteiger partial charge in [-0.05, 0) is 29.3 Å². The Kier molecular flexibility index (Phi) is 2.63. The first-order chi connectivity index (χ1) is 9.15. The third kappa shape index (κ3) is 2.01. The van der Waals surface area contributed by atoms with Crippen LogP contribution < -0.4 is 0 Å². The van der Waals surface area contributed by atoms with Gasteiger partial charge in [0.1, 0.15) is 11.5 Å². The average Bonchev–Trinajstić information content (AvgIpc) is 2.84. The van der Waals surface area contributed by atoms with Gasteiger partial charge in [0.25, 0.3) is 5.91 Å². The highest BCUT2D eigenvalue weighted by Gasteiger charge is 2.25. The number of fused-ring (bicyclic) bond motifs is 1. The van der Waals surface area contributed by atoms with Crippen LogP contribution in [-0.2, 0) is 13.1 Å².